The van der Waals surface area contributed by atoms with E-state index in [4.69, 9.17) is 0 Å². The summed E-state index contributed by atoms with van der Waals surface area (Å²) in [5.74, 6) is 0.154. The van der Waals surface area contributed by atoms with Crippen molar-refractivity contribution in [3.63, 3.8) is 0 Å². The molecule has 0 N–H and O–H groups in total. The van der Waals surface area contributed by atoms with Crippen LogP contribution in [0.1, 0.15) is 45.1 Å². The number of fused-ring (bicyclic) bond motifs is 1. The Balaban J connectivity index is 1.98. The second-order valence-corrected chi connectivity index (χ2v) is 5.38. The lowest BCUT2D eigenvalue weighted by Crippen LogP contribution is -2.11. The summed E-state index contributed by atoms with van der Waals surface area (Å²) in [4.78, 5) is 17.1. The van der Waals surface area contributed by atoms with Crippen molar-refractivity contribution < 1.29 is 4.79 Å². The fraction of sp³-hybridized carbons (Fsp3) is 0.294. The Hall–Kier alpha value is -1.96. The van der Waals surface area contributed by atoms with Crippen molar-refractivity contribution >= 4 is 5.78 Å². The molecule has 3 rings (SSSR count). The number of ketones is 1. The van der Waals surface area contributed by atoms with Gasteiger partial charge in [0, 0.05) is 11.8 Å². The molecule has 2 aromatic rings. The molecule has 1 aromatic heterocycles. The number of aryl methyl sites for hydroxylation is 3. The molecule has 1 aromatic carbocycles. The summed E-state index contributed by atoms with van der Waals surface area (Å²) >= 11 is 0. The van der Waals surface area contributed by atoms with Gasteiger partial charge in [-0.25, -0.2) is 0 Å². The average molecular weight is 251 g/mol. The number of carbonyl (C=O) groups is 1. The molecule has 0 spiro atoms. The largest absolute Gasteiger partial charge is 0.293 e. The number of carbonyl (C=O) groups excluding carboxylic acids is 1. The normalized spacial score (nSPS) is 17.3. The molecule has 0 amide bonds. The lowest BCUT2D eigenvalue weighted by molar-refractivity contribution is 0.0958. The van der Waals surface area contributed by atoms with Crippen molar-refractivity contribution in [1.29, 1.82) is 0 Å². The van der Waals surface area contributed by atoms with Crippen molar-refractivity contribution in [3.8, 4) is 0 Å². The number of nitrogens with zero attached hydrogens (tertiary/aromatic N) is 1. The SMILES string of the molecule is Cc1cc(C)cc(C(=O)C2CCc3cccnc32)c1. The molecule has 1 unspecified atom stereocenters. The fourth-order valence-electron chi connectivity index (χ4n) is 2.99. The van der Waals surface area contributed by atoms with E-state index in [0.717, 1.165) is 35.2 Å². The van der Waals surface area contributed by atoms with Crippen LogP contribution in [0.15, 0.2) is 36.5 Å². The summed E-state index contributed by atoms with van der Waals surface area (Å²) in [5, 5.41) is 0. The predicted octanol–water partition coefficient (Wildman–Crippen LogP) is 3.61. The number of Topliss-reactive ketones (excluding diaryl/α,β-unsaturated/α-hetero) is 1. The first-order valence-electron chi connectivity index (χ1n) is 6.71. The third-order valence-electron chi connectivity index (χ3n) is 3.78. The van der Waals surface area contributed by atoms with Crippen LogP contribution in [0.4, 0.5) is 0 Å². The lowest BCUT2D eigenvalue weighted by Gasteiger charge is -2.11. The predicted molar refractivity (Wildman–Crippen MR) is 75.5 cm³/mol. The topological polar surface area (TPSA) is 30.0 Å². The molecule has 0 bridgehead atoms. The Bertz CT molecular complexity index is 625. The monoisotopic (exact) mass is 251 g/mol. The van der Waals surface area contributed by atoms with E-state index in [-0.39, 0.29) is 11.7 Å². The molecule has 0 fully saturated rings. The first-order chi connectivity index (χ1) is 9.15. The Morgan fingerprint density at radius 1 is 1.21 bits per heavy atom. The zero-order valence-electron chi connectivity index (χ0n) is 11.3. The number of aromatic nitrogens is 1. The Morgan fingerprint density at radius 3 is 2.68 bits per heavy atom. The molecule has 0 saturated heterocycles. The molecule has 2 nitrogen and oxygen atoms in total. The number of hydrogen-bond donors (Lipinski definition) is 0. The number of benzene rings is 1. The molecule has 1 heterocycles. The summed E-state index contributed by atoms with van der Waals surface area (Å²) in [5.41, 5.74) is 5.31. The van der Waals surface area contributed by atoms with Gasteiger partial charge in [-0.3, -0.25) is 9.78 Å². The quantitative estimate of drug-likeness (QED) is 0.763. The molecule has 0 radical (unpaired) electrons. The Kier molecular flexibility index (Phi) is 2.94. The zero-order valence-corrected chi connectivity index (χ0v) is 11.3. The van der Waals surface area contributed by atoms with E-state index >= 15 is 0 Å². The van der Waals surface area contributed by atoms with Gasteiger partial charge < -0.3 is 0 Å². The van der Waals surface area contributed by atoms with Gasteiger partial charge in [0.1, 0.15) is 0 Å². The maximum atomic E-state index is 12.7. The van der Waals surface area contributed by atoms with E-state index in [0.29, 0.717) is 0 Å². The number of hydrogen-bond acceptors (Lipinski definition) is 2. The fourth-order valence-corrected chi connectivity index (χ4v) is 2.99. The Labute approximate surface area is 113 Å². The summed E-state index contributed by atoms with van der Waals surface area (Å²) in [6, 6.07) is 10.1. The van der Waals surface area contributed by atoms with E-state index in [2.05, 4.69) is 17.1 Å². The molecule has 1 aliphatic carbocycles. The lowest BCUT2D eigenvalue weighted by atomic mass is 9.93. The molecule has 19 heavy (non-hydrogen) atoms. The van der Waals surface area contributed by atoms with Gasteiger partial charge in [0.05, 0.1) is 11.6 Å². The van der Waals surface area contributed by atoms with Crippen LogP contribution in [0.2, 0.25) is 0 Å². The van der Waals surface area contributed by atoms with Gasteiger partial charge in [-0.15, -0.1) is 0 Å². The minimum Gasteiger partial charge on any atom is -0.293 e. The highest BCUT2D eigenvalue weighted by molar-refractivity contribution is 6.01. The van der Waals surface area contributed by atoms with E-state index in [1.807, 2.05) is 32.0 Å². The van der Waals surface area contributed by atoms with Crippen LogP contribution in [0.5, 0.6) is 0 Å². The smallest absolute Gasteiger partial charge is 0.171 e. The molecular weight excluding hydrogens is 234 g/mol. The first kappa shape index (κ1) is 12.1. The van der Waals surface area contributed by atoms with Crippen LogP contribution in [0.3, 0.4) is 0 Å². The maximum Gasteiger partial charge on any atom is 0.171 e. The van der Waals surface area contributed by atoms with Gasteiger partial charge in [0.15, 0.2) is 5.78 Å². The minimum absolute atomic E-state index is 0.0580. The van der Waals surface area contributed by atoms with Crippen LogP contribution in [0.25, 0.3) is 0 Å². The third-order valence-corrected chi connectivity index (χ3v) is 3.78. The van der Waals surface area contributed by atoms with Gasteiger partial charge >= 0.3 is 0 Å². The highest BCUT2D eigenvalue weighted by Crippen LogP contribution is 2.34. The van der Waals surface area contributed by atoms with Crippen LogP contribution < -0.4 is 0 Å². The van der Waals surface area contributed by atoms with Crippen molar-refractivity contribution in [1.82, 2.24) is 4.98 Å². The van der Waals surface area contributed by atoms with Crippen LogP contribution in [-0.4, -0.2) is 10.8 Å². The Morgan fingerprint density at radius 2 is 1.95 bits per heavy atom. The summed E-state index contributed by atoms with van der Waals surface area (Å²) in [6.07, 6.45) is 3.63. The highest BCUT2D eigenvalue weighted by Gasteiger charge is 2.30. The van der Waals surface area contributed by atoms with E-state index in [1.165, 1.54) is 5.56 Å². The number of rotatable bonds is 2. The van der Waals surface area contributed by atoms with Crippen molar-refractivity contribution in [2.45, 2.75) is 32.6 Å². The van der Waals surface area contributed by atoms with Crippen LogP contribution >= 0.6 is 0 Å². The summed E-state index contributed by atoms with van der Waals surface area (Å²) in [7, 11) is 0. The van der Waals surface area contributed by atoms with Gasteiger partial charge in [-0.05, 0) is 50.5 Å². The molecule has 96 valence electrons. The van der Waals surface area contributed by atoms with Gasteiger partial charge in [0.25, 0.3) is 0 Å². The highest BCUT2D eigenvalue weighted by atomic mass is 16.1. The van der Waals surface area contributed by atoms with E-state index in [1.54, 1.807) is 6.20 Å². The second kappa shape index (κ2) is 4.61. The van der Waals surface area contributed by atoms with Crippen molar-refractivity contribution in [3.05, 3.63) is 64.5 Å². The van der Waals surface area contributed by atoms with Crippen molar-refractivity contribution in [2.24, 2.45) is 0 Å². The zero-order chi connectivity index (χ0) is 13.4. The van der Waals surface area contributed by atoms with Crippen LogP contribution in [0, 0.1) is 13.8 Å². The van der Waals surface area contributed by atoms with Gasteiger partial charge in [-0.1, -0.05) is 23.3 Å². The van der Waals surface area contributed by atoms with Crippen LogP contribution in [-0.2, 0) is 6.42 Å². The molecule has 1 aliphatic rings. The van der Waals surface area contributed by atoms with E-state index < -0.39 is 0 Å². The van der Waals surface area contributed by atoms with Crippen molar-refractivity contribution in [2.75, 3.05) is 0 Å². The standard InChI is InChI=1S/C17H17NO/c1-11-8-12(2)10-14(9-11)17(19)15-6-5-13-4-3-7-18-16(13)15/h3-4,7-10,15H,5-6H2,1-2H3. The van der Waals surface area contributed by atoms with Gasteiger partial charge in [0.2, 0.25) is 0 Å². The molecule has 0 aliphatic heterocycles. The molecule has 2 heteroatoms. The maximum absolute atomic E-state index is 12.7. The molecule has 1 atom stereocenters. The second-order valence-electron chi connectivity index (χ2n) is 5.38. The third kappa shape index (κ3) is 2.19. The number of pyridine rings is 1. The summed E-state index contributed by atoms with van der Waals surface area (Å²) in [6.45, 7) is 4.06. The minimum atomic E-state index is -0.0580. The van der Waals surface area contributed by atoms with Gasteiger partial charge in [-0.2, -0.15) is 0 Å². The first-order valence-corrected chi connectivity index (χ1v) is 6.71. The molecule has 0 saturated carbocycles. The molecular formula is C17H17NO. The summed E-state index contributed by atoms with van der Waals surface area (Å²) < 4.78 is 0. The average Bonchev–Trinajstić information content (AvgIpc) is 2.80. The van der Waals surface area contributed by atoms with E-state index in [9.17, 15) is 4.79 Å².